The summed E-state index contributed by atoms with van der Waals surface area (Å²) in [4.78, 5) is 26.4. The third-order valence-corrected chi connectivity index (χ3v) is 4.03. The van der Waals surface area contributed by atoms with Crippen LogP contribution in [0.3, 0.4) is 0 Å². The summed E-state index contributed by atoms with van der Waals surface area (Å²) in [6.07, 6.45) is 1.46. The molecule has 24 heavy (non-hydrogen) atoms. The Hall–Kier alpha value is -1.86. The van der Waals surface area contributed by atoms with E-state index >= 15 is 0 Å². The summed E-state index contributed by atoms with van der Waals surface area (Å²) in [5, 5.41) is 12.6. The third-order valence-electron chi connectivity index (χ3n) is 4.03. The fourth-order valence-corrected chi connectivity index (χ4v) is 2.74. The van der Waals surface area contributed by atoms with E-state index < -0.39 is 18.6 Å². The van der Waals surface area contributed by atoms with E-state index in [1.54, 1.807) is 29.2 Å². The SMILES string of the molecule is CC(C)(C)C(=O)N1CCCC1C(=O)NCOB(O)c1ccccc1. The third kappa shape index (κ3) is 4.58. The number of nitrogens with one attached hydrogen (secondary N) is 1. The van der Waals surface area contributed by atoms with Crippen molar-refractivity contribution in [2.24, 2.45) is 5.41 Å². The largest absolute Gasteiger partial charge is 0.492 e. The van der Waals surface area contributed by atoms with Gasteiger partial charge in [0.1, 0.15) is 12.8 Å². The molecule has 2 amide bonds. The average Bonchev–Trinajstić information content (AvgIpc) is 3.03. The van der Waals surface area contributed by atoms with Gasteiger partial charge in [-0.1, -0.05) is 51.1 Å². The summed E-state index contributed by atoms with van der Waals surface area (Å²) in [6, 6.07) is 8.47. The highest BCUT2D eigenvalue weighted by molar-refractivity contribution is 6.59. The van der Waals surface area contributed by atoms with Gasteiger partial charge in [-0.05, 0) is 18.3 Å². The molecule has 1 heterocycles. The van der Waals surface area contributed by atoms with E-state index in [9.17, 15) is 14.6 Å². The van der Waals surface area contributed by atoms with E-state index in [-0.39, 0.29) is 18.5 Å². The van der Waals surface area contributed by atoms with Crippen molar-refractivity contribution in [3.8, 4) is 0 Å². The molecule has 130 valence electrons. The van der Waals surface area contributed by atoms with Gasteiger partial charge >= 0.3 is 7.12 Å². The summed E-state index contributed by atoms with van der Waals surface area (Å²) in [5.41, 5.74) is 0.111. The van der Waals surface area contributed by atoms with Gasteiger partial charge in [-0.25, -0.2) is 0 Å². The van der Waals surface area contributed by atoms with Crippen LogP contribution in [0, 0.1) is 5.41 Å². The van der Waals surface area contributed by atoms with Crippen LogP contribution in [0.5, 0.6) is 0 Å². The quantitative estimate of drug-likeness (QED) is 0.608. The number of nitrogens with zero attached hydrogens (tertiary/aromatic N) is 1. The molecular weight excluding hydrogens is 307 g/mol. The van der Waals surface area contributed by atoms with Crippen LogP contribution in [-0.4, -0.2) is 48.2 Å². The van der Waals surface area contributed by atoms with Crippen LogP contribution < -0.4 is 10.8 Å². The zero-order chi connectivity index (χ0) is 17.7. The standard InChI is InChI=1S/C17H25BN2O4/c1-17(2,3)16(22)20-11-7-10-14(20)15(21)19-12-24-18(23)13-8-5-4-6-9-13/h4-6,8-9,14,23H,7,10-12H2,1-3H3,(H,19,21). The van der Waals surface area contributed by atoms with Gasteiger partial charge in [-0.15, -0.1) is 0 Å². The van der Waals surface area contributed by atoms with Crippen molar-refractivity contribution < 1.29 is 19.3 Å². The van der Waals surface area contributed by atoms with Gasteiger partial charge in [0.25, 0.3) is 0 Å². The predicted molar refractivity (Wildman–Crippen MR) is 92.3 cm³/mol. The normalized spacial score (nSPS) is 17.7. The van der Waals surface area contributed by atoms with E-state index in [0.29, 0.717) is 18.4 Å². The summed E-state index contributed by atoms with van der Waals surface area (Å²) in [6.45, 7) is 6.04. The molecule has 1 aromatic rings. The second-order valence-corrected chi connectivity index (χ2v) is 7.02. The molecule has 0 saturated carbocycles. The van der Waals surface area contributed by atoms with Gasteiger partial charge < -0.3 is 19.9 Å². The monoisotopic (exact) mass is 332 g/mol. The summed E-state index contributed by atoms with van der Waals surface area (Å²) >= 11 is 0. The fraction of sp³-hybridized carbons (Fsp3) is 0.529. The number of likely N-dealkylation sites (tertiary alicyclic amines) is 1. The molecule has 7 heteroatoms. The Morgan fingerprint density at radius 1 is 1.33 bits per heavy atom. The number of carbonyl (C=O) groups is 2. The van der Waals surface area contributed by atoms with Gasteiger partial charge in [-0.2, -0.15) is 0 Å². The lowest BCUT2D eigenvalue weighted by atomic mass is 9.80. The molecular formula is C17H25BN2O4. The van der Waals surface area contributed by atoms with Crippen LogP contribution in [0.15, 0.2) is 30.3 Å². The predicted octanol–water partition coefficient (Wildman–Crippen LogP) is 0.502. The maximum Gasteiger partial charge on any atom is 0.492 e. The second kappa shape index (κ2) is 7.81. The first-order valence-corrected chi connectivity index (χ1v) is 8.24. The smallest absolute Gasteiger partial charge is 0.423 e. The van der Waals surface area contributed by atoms with Crippen LogP contribution in [0.2, 0.25) is 0 Å². The van der Waals surface area contributed by atoms with Gasteiger partial charge in [0, 0.05) is 12.0 Å². The Labute approximate surface area is 143 Å². The first-order chi connectivity index (χ1) is 11.3. The molecule has 2 N–H and O–H groups in total. The number of hydrogen-bond acceptors (Lipinski definition) is 4. The molecule has 1 saturated heterocycles. The highest BCUT2D eigenvalue weighted by Crippen LogP contribution is 2.25. The van der Waals surface area contributed by atoms with Crippen LogP contribution in [0.25, 0.3) is 0 Å². The maximum absolute atomic E-state index is 12.4. The molecule has 2 rings (SSSR count). The maximum atomic E-state index is 12.4. The molecule has 0 spiro atoms. The first kappa shape index (κ1) is 18.5. The molecule has 0 aromatic heterocycles. The van der Waals surface area contributed by atoms with E-state index in [1.165, 1.54) is 0 Å². The molecule has 0 bridgehead atoms. The van der Waals surface area contributed by atoms with E-state index in [1.807, 2.05) is 26.8 Å². The lowest BCUT2D eigenvalue weighted by molar-refractivity contribution is -0.144. The minimum absolute atomic E-state index is 0.0228. The number of carbonyl (C=O) groups excluding carboxylic acids is 2. The highest BCUT2D eigenvalue weighted by atomic mass is 16.5. The van der Waals surface area contributed by atoms with E-state index in [2.05, 4.69) is 5.32 Å². The molecule has 1 aliphatic rings. The molecule has 6 nitrogen and oxygen atoms in total. The zero-order valence-electron chi connectivity index (χ0n) is 14.5. The van der Waals surface area contributed by atoms with Crippen LogP contribution >= 0.6 is 0 Å². The van der Waals surface area contributed by atoms with Crippen molar-refractivity contribution in [2.45, 2.75) is 39.7 Å². The van der Waals surface area contributed by atoms with Crippen LogP contribution in [-0.2, 0) is 14.2 Å². The van der Waals surface area contributed by atoms with Crippen LogP contribution in [0.1, 0.15) is 33.6 Å². The van der Waals surface area contributed by atoms with Crippen molar-refractivity contribution in [1.29, 1.82) is 0 Å². The van der Waals surface area contributed by atoms with Gasteiger partial charge in [0.2, 0.25) is 11.8 Å². The Bertz CT molecular complexity index is 574. The summed E-state index contributed by atoms with van der Waals surface area (Å²) < 4.78 is 5.24. The summed E-state index contributed by atoms with van der Waals surface area (Å²) in [5.74, 6) is -0.268. The first-order valence-electron chi connectivity index (χ1n) is 8.24. The van der Waals surface area contributed by atoms with Crippen LogP contribution in [0.4, 0.5) is 0 Å². The minimum atomic E-state index is -1.10. The van der Waals surface area contributed by atoms with Gasteiger partial charge in [0.05, 0.1) is 0 Å². The highest BCUT2D eigenvalue weighted by Gasteiger charge is 2.38. The van der Waals surface area contributed by atoms with Crippen molar-refractivity contribution in [1.82, 2.24) is 10.2 Å². The van der Waals surface area contributed by atoms with Crippen molar-refractivity contribution in [3.63, 3.8) is 0 Å². The van der Waals surface area contributed by atoms with Crippen molar-refractivity contribution in [3.05, 3.63) is 30.3 Å². The zero-order valence-corrected chi connectivity index (χ0v) is 14.5. The Balaban J connectivity index is 1.85. The summed E-state index contributed by atoms with van der Waals surface area (Å²) in [7, 11) is -1.10. The Kier molecular flexibility index (Phi) is 6.02. The van der Waals surface area contributed by atoms with Crippen molar-refractivity contribution >= 4 is 24.4 Å². The molecule has 1 unspecified atom stereocenters. The molecule has 1 aromatic carbocycles. The Morgan fingerprint density at radius 3 is 2.62 bits per heavy atom. The van der Waals surface area contributed by atoms with Crippen molar-refractivity contribution in [2.75, 3.05) is 13.3 Å². The number of amides is 2. The number of rotatable bonds is 5. The molecule has 0 radical (unpaired) electrons. The topological polar surface area (TPSA) is 78.9 Å². The van der Waals surface area contributed by atoms with E-state index in [0.717, 1.165) is 6.42 Å². The Morgan fingerprint density at radius 2 is 2.00 bits per heavy atom. The molecule has 0 aliphatic carbocycles. The van der Waals surface area contributed by atoms with E-state index in [4.69, 9.17) is 4.65 Å². The van der Waals surface area contributed by atoms with Gasteiger partial charge in [0.15, 0.2) is 0 Å². The number of benzene rings is 1. The molecule has 1 aliphatic heterocycles. The lowest BCUT2D eigenvalue weighted by Crippen LogP contribution is -2.50. The second-order valence-electron chi connectivity index (χ2n) is 7.02. The fourth-order valence-electron chi connectivity index (χ4n) is 2.74. The van der Waals surface area contributed by atoms with Gasteiger partial charge in [-0.3, -0.25) is 9.59 Å². The molecule has 1 fully saturated rings. The number of hydrogen-bond donors (Lipinski definition) is 2. The average molecular weight is 332 g/mol. The lowest BCUT2D eigenvalue weighted by Gasteiger charge is -2.30. The molecule has 1 atom stereocenters. The minimum Gasteiger partial charge on any atom is -0.423 e.